The highest BCUT2D eigenvalue weighted by Crippen LogP contribution is 2.32. The van der Waals surface area contributed by atoms with Gasteiger partial charge in [0.15, 0.2) is 0 Å². The SMILES string of the molecule is CCN(CC)C(=O)CCC(=O)Nc1cc(CN)cc(C(F)(F)F)c1. The fourth-order valence-electron chi connectivity index (χ4n) is 2.22. The van der Waals surface area contributed by atoms with Crippen molar-refractivity contribution in [2.45, 2.75) is 39.4 Å². The molecular weight excluding hydrogens is 323 g/mol. The Morgan fingerprint density at radius 2 is 1.75 bits per heavy atom. The summed E-state index contributed by atoms with van der Waals surface area (Å²) in [5, 5.41) is 2.39. The summed E-state index contributed by atoms with van der Waals surface area (Å²) in [6.45, 7) is 4.68. The maximum absolute atomic E-state index is 12.8. The number of carbonyl (C=O) groups excluding carboxylic acids is 2. The molecule has 24 heavy (non-hydrogen) atoms. The molecule has 0 fully saturated rings. The highest BCUT2D eigenvalue weighted by Gasteiger charge is 2.31. The number of amides is 2. The third-order valence-corrected chi connectivity index (χ3v) is 3.52. The van der Waals surface area contributed by atoms with Crippen molar-refractivity contribution < 1.29 is 22.8 Å². The van der Waals surface area contributed by atoms with E-state index in [9.17, 15) is 22.8 Å². The van der Waals surface area contributed by atoms with E-state index < -0.39 is 17.6 Å². The lowest BCUT2D eigenvalue weighted by atomic mass is 10.1. The minimum atomic E-state index is -4.52. The van der Waals surface area contributed by atoms with E-state index in [0.29, 0.717) is 13.1 Å². The van der Waals surface area contributed by atoms with Crippen LogP contribution in [0.1, 0.15) is 37.8 Å². The highest BCUT2D eigenvalue weighted by atomic mass is 19.4. The largest absolute Gasteiger partial charge is 0.416 e. The number of rotatable bonds is 7. The van der Waals surface area contributed by atoms with Crippen LogP contribution in [0, 0.1) is 0 Å². The van der Waals surface area contributed by atoms with Crippen molar-refractivity contribution in [2.75, 3.05) is 18.4 Å². The van der Waals surface area contributed by atoms with Gasteiger partial charge in [0.25, 0.3) is 0 Å². The Kier molecular flexibility index (Phi) is 7.21. The molecule has 0 aliphatic heterocycles. The zero-order chi connectivity index (χ0) is 18.3. The summed E-state index contributed by atoms with van der Waals surface area (Å²) >= 11 is 0. The molecule has 3 N–H and O–H groups in total. The molecular formula is C16H22F3N3O2. The van der Waals surface area contributed by atoms with Crippen LogP contribution in [0.5, 0.6) is 0 Å². The molecule has 1 aromatic carbocycles. The van der Waals surface area contributed by atoms with Gasteiger partial charge in [-0.2, -0.15) is 13.2 Å². The van der Waals surface area contributed by atoms with Crippen LogP contribution in [0.2, 0.25) is 0 Å². The van der Waals surface area contributed by atoms with Gasteiger partial charge in [-0.25, -0.2) is 0 Å². The molecule has 0 atom stereocenters. The fraction of sp³-hybridized carbons (Fsp3) is 0.500. The van der Waals surface area contributed by atoms with Crippen LogP contribution in [0.3, 0.4) is 0 Å². The van der Waals surface area contributed by atoms with Crippen molar-refractivity contribution in [3.8, 4) is 0 Å². The van der Waals surface area contributed by atoms with E-state index in [1.54, 1.807) is 4.90 Å². The number of carbonyl (C=O) groups is 2. The number of nitrogens with two attached hydrogens (primary N) is 1. The van der Waals surface area contributed by atoms with Gasteiger partial charge >= 0.3 is 6.18 Å². The maximum atomic E-state index is 12.8. The molecule has 8 heteroatoms. The predicted octanol–water partition coefficient (Wildman–Crippen LogP) is 2.75. The van der Waals surface area contributed by atoms with Crippen molar-refractivity contribution in [1.29, 1.82) is 0 Å². The molecule has 0 saturated carbocycles. The molecule has 0 aliphatic carbocycles. The van der Waals surface area contributed by atoms with Gasteiger partial charge in [-0.3, -0.25) is 9.59 Å². The van der Waals surface area contributed by atoms with Crippen LogP contribution in [0.25, 0.3) is 0 Å². The van der Waals surface area contributed by atoms with Crippen LogP contribution in [0.15, 0.2) is 18.2 Å². The van der Waals surface area contributed by atoms with Crippen molar-refractivity contribution in [3.63, 3.8) is 0 Å². The summed E-state index contributed by atoms with van der Waals surface area (Å²) in [6.07, 6.45) is -4.61. The second-order valence-electron chi connectivity index (χ2n) is 5.23. The van der Waals surface area contributed by atoms with E-state index >= 15 is 0 Å². The lowest BCUT2D eigenvalue weighted by Crippen LogP contribution is -2.31. The van der Waals surface area contributed by atoms with Crippen molar-refractivity contribution in [1.82, 2.24) is 4.90 Å². The quantitative estimate of drug-likeness (QED) is 0.798. The Balaban J connectivity index is 2.75. The van der Waals surface area contributed by atoms with Gasteiger partial charge in [0.1, 0.15) is 0 Å². The molecule has 134 valence electrons. The first-order valence-electron chi connectivity index (χ1n) is 7.70. The molecule has 0 bridgehead atoms. The number of alkyl halides is 3. The molecule has 1 aromatic rings. The monoisotopic (exact) mass is 345 g/mol. The van der Waals surface area contributed by atoms with E-state index in [0.717, 1.165) is 12.1 Å². The minimum absolute atomic E-state index is 0.0101. The average molecular weight is 345 g/mol. The summed E-state index contributed by atoms with van der Waals surface area (Å²) in [5.41, 5.74) is 4.80. The fourth-order valence-corrected chi connectivity index (χ4v) is 2.22. The van der Waals surface area contributed by atoms with Gasteiger partial charge in [-0.15, -0.1) is 0 Å². The maximum Gasteiger partial charge on any atom is 0.416 e. The van der Waals surface area contributed by atoms with E-state index in [4.69, 9.17) is 5.73 Å². The molecule has 0 aliphatic rings. The second-order valence-corrected chi connectivity index (χ2v) is 5.23. The van der Waals surface area contributed by atoms with Crippen LogP contribution < -0.4 is 11.1 Å². The third kappa shape index (κ3) is 5.84. The molecule has 5 nitrogen and oxygen atoms in total. The summed E-state index contributed by atoms with van der Waals surface area (Å²) in [5.74, 6) is -0.681. The summed E-state index contributed by atoms with van der Waals surface area (Å²) in [4.78, 5) is 25.3. The molecule has 2 amide bonds. The Hall–Kier alpha value is -2.09. The van der Waals surface area contributed by atoms with Crippen LogP contribution in [-0.4, -0.2) is 29.8 Å². The van der Waals surface area contributed by atoms with E-state index in [2.05, 4.69) is 5.32 Å². The van der Waals surface area contributed by atoms with Gasteiger partial charge in [0.05, 0.1) is 5.56 Å². The predicted molar refractivity (Wildman–Crippen MR) is 85.1 cm³/mol. The van der Waals surface area contributed by atoms with Crippen molar-refractivity contribution in [2.24, 2.45) is 5.73 Å². The topological polar surface area (TPSA) is 75.4 Å². The lowest BCUT2D eigenvalue weighted by Gasteiger charge is -2.18. The summed E-state index contributed by atoms with van der Waals surface area (Å²) in [7, 11) is 0. The van der Waals surface area contributed by atoms with E-state index in [-0.39, 0.29) is 36.5 Å². The van der Waals surface area contributed by atoms with Crippen molar-refractivity contribution in [3.05, 3.63) is 29.3 Å². The van der Waals surface area contributed by atoms with Gasteiger partial charge in [0, 0.05) is 38.2 Å². The van der Waals surface area contributed by atoms with Crippen LogP contribution in [0.4, 0.5) is 18.9 Å². The van der Waals surface area contributed by atoms with Gasteiger partial charge in [0.2, 0.25) is 11.8 Å². The Morgan fingerprint density at radius 3 is 2.25 bits per heavy atom. The first kappa shape index (κ1) is 20.0. The van der Waals surface area contributed by atoms with Crippen molar-refractivity contribution >= 4 is 17.5 Å². The molecule has 1 rings (SSSR count). The smallest absolute Gasteiger partial charge is 0.343 e. The zero-order valence-electron chi connectivity index (χ0n) is 13.7. The molecule has 0 spiro atoms. The summed E-state index contributed by atoms with van der Waals surface area (Å²) in [6, 6.07) is 3.18. The lowest BCUT2D eigenvalue weighted by molar-refractivity contribution is -0.137. The third-order valence-electron chi connectivity index (χ3n) is 3.52. The van der Waals surface area contributed by atoms with Crippen LogP contribution in [-0.2, 0) is 22.3 Å². The Bertz CT molecular complexity index is 584. The number of nitrogens with zero attached hydrogens (tertiary/aromatic N) is 1. The number of nitrogens with one attached hydrogen (secondary N) is 1. The molecule has 0 aromatic heterocycles. The highest BCUT2D eigenvalue weighted by molar-refractivity contribution is 5.93. The zero-order valence-corrected chi connectivity index (χ0v) is 13.7. The minimum Gasteiger partial charge on any atom is -0.343 e. The summed E-state index contributed by atoms with van der Waals surface area (Å²) < 4.78 is 38.5. The molecule has 0 unspecified atom stereocenters. The first-order chi connectivity index (χ1) is 11.2. The number of halogens is 3. The molecule has 0 saturated heterocycles. The normalized spacial score (nSPS) is 11.2. The standard InChI is InChI=1S/C16H22F3N3O2/c1-3-22(4-2)15(24)6-5-14(23)21-13-8-11(10-20)7-12(9-13)16(17,18)19/h7-9H,3-6,10,20H2,1-2H3,(H,21,23). The number of hydrogen-bond donors (Lipinski definition) is 2. The average Bonchev–Trinajstić information content (AvgIpc) is 2.52. The molecule has 0 radical (unpaired) electrons. The van der Waals surface area contributed by atoms with Gasteiger partial charge in [-0.05, 0) is 37.6 Å². The number of benzene rings is 1. The first-order valence-corrected chi connectivity index (χ1v) is 7.70. The van der Waals surface area contributed by atoms with Gasteiger partial charge < -0.3 is 16.0 Å². The van der Waals surface area contributed by atoms with Gasteiger partial charge in [-0.1, -0.05) is 0 Å². The number of anilines is 1. The Labute approximate surface area is 139 Å². The van der Waals surface area contributed by atoms with E-state index in [1.807, 2.05) is 13.8 Å². The molecule has 0 heterocycles. The van der Waals surface area contributed by atoms with Crippen LogP contribution >= 0.6 is 0 Å². The van der Waals surface area contributed by atoms with E-state index in [1.165, 1.54) is 6.07 Å². The second kappa shape index (κ2) is 8.68. The Morgan fingerprint density at radius 1 is 1.12 bits per heavy atom. The number of hydrogen-bond acceptors (Lipinski definition) is 3.